The van der Waals surface area contributed by atoms with Gasteiger partial charge in [-0.05, 0) is 26.0 Å². The minimum absolute atomic E-state index is 0.0256. The Morgan fingerprint density at radius 3 is 2.81 bits per heavy atom. The number of nitrogens with one attached hydrogen (secondary N) is 1. The van der Waals surface area contributed by atoms with Crippen molar-refractivity contribution in [2.45, 2.75) is 38.0 Å². The minimum Gasteiger partial charge on any atom is -0.465 e. The Bertz CT molecular complexity index is 243. The van der Waals surface area contributed by atoms with Crippen LogP contribution in [0.2, 0.25) is 0 Å². The van der Waals surface area contributed by atoms with E-state index in [1.807, 2.05) is 13.8 Å². The Hall–Kier alpha value is -0.460. The molecule has 2 unspecified atom stereocenters. The second-order valence-corrected chi connectivity index (χ2v) is 5.73. The van der Waals surface area contributed by atoms with Crippen LogP contribution in [0.1, 0.15) is 20.3 Å². The van der Waals surface area contributed by atoms with Gasteiger partial charge >= 0.3 is 6.09 Å². The monoisotopic (exact) mass is 249 g/mol. The fourth-order valence-corrected chi connectivity index (χ4v) is 2.55. The molecule has 0 saturated carbocycles. The lowest BCUT2D eigenvalue weighted by Crippen LogP contribution is -2.43. The average Bonchev–Trinajstić information content (AvgIpc) is 2.92. The Balaban J connectivity index is 2.06. The van der Waals surface area contributed by atoms with E-state index in [9.17, 15) is 9.90 Å². The van der Waals surface area contributed by atoms with Crippen molar-refractivity contribution in [3.05, 3.63) is 0 Å². The molecule has 0 spiro atoms. The van der Waals surface area contributed by atoms with Gasteiger partial charge in [-0.15, -0.1) is 0 Å². The number of aliphatic hydroxyl groups is 1. The van der Waals surface area contributed by atoms with Crippen LogP contribution >= 0.6 is 11.8 Å². The number of ether oxygens (including phenoxy) is 1. The van der Waals surface area contributed by atoms with E-state index >= 15 is 0 Å². The van der Waals surface area contributed by atoms with E-state index in [0.29, 0.717) is 12.4 Å². The molecule has 0 aromatic carbocycles. The highest BCUT2D eigenvalue weighted by molar-refractivity contribution is 7.99. The summed E-state index contributed by atoms with van der Waals surface area (Å²) in [6, 6.07) is 0. The highest BCUT2D eigenvalue weighted by Gasteiger charge is 2.31. The first-order chi connectivity index (χ1) is 7.41. The maximum absolute atomic E-state index is 10.5. The third-order valence-corrected chi connectivity index (χ3v) is 3.46. The summed E-state index contributed by atoms with van der Waals surface area (Å²) < 4.78 is 4.97. The van der Waals surface area contributed by atoms with Gasteiger partial charge < -0.3 is 20.3 Å². The number of hydrogen-bond donors (Lipinski definition) is 3. The first-order valence-corrected chi connectivity index (χ1v) is 6.45. The molecule has 3 N–H and O–H groups in total. The third-order valence-electron chi connectivity index (χ3n) is 2.39. The van der Waals surface area contributed by atoms with Gasteiger partial charge in [0.15, 0.2) is 0 Å². The smallest absolute Gasteiger partial charge is 0.405 e. The summed E-state index contributed by atoms with van der Waals surface area (Å²) in [6.07, 6.45) is -0.623. The Labute approximate surface area is 99.6 Å². The lowest BCUT2D eigenvalue weighted by molar-refractivity contribution is 0.157. The molecule has 6 heteroatoms. The number of rotatable bonds is 7. The molecular formula is C10H19NO4S. The zero-order chi connectivity index (χ0) is 12.2. The van der Waals surface area contributed by atoms with E-state index in [4.69, 9.17) is 9.84 Å². The largest absolute Gasteiger partial charge is 0.465 e. The quantitative estimate of drug-likeness (QED) is 0.461. The van der Waals surface area contributed by atoms with E-state index in [1.54, 1.807) is 11.8 Å². The molecule has 1 aliphatic heterocycles. The van der Waals surface area contributed by atoms with Gasteiger partial charge in [-0.2, -0.15) is 11.8 Å². The predicted molar refractivity (Wildman–Crippen MR) is 62.9 cm³/mol. The topological polar surface area (TPSA) is 82.1 Å². The summed E-state index contributed by atoms with van der Waals surface area (Å²) in [5.41, 5.74) is -0.417. The molecular weight excluding hydrogens is 230 g/mol. The van der Waals surface area contributed by atoms with Crippen LogP contribution in [0.3, 0.4) is 0 Å². The molecule has 0 aromatic rings. The van der Waals surface area contributed by atoms with Gasteiger partial charge in [0.25, 0.3) is 0 Å². The second-order valence-electron chi connectivity index (χ2n) is 4.58. The molecule has 0 bridgehead atoms. The highest BCUT2D eigenvalue weighted by atomic mass is 32.2. The maximum Gasteiger partial charge on any atom is 0.405 e. The van der Waals surface area contributed by atoms with E-state index in [1.165, 1.54) is 0 Å². The number of hydrogen-bond acceptors (Lipinski definition) is 4. The fraction of sp³-hybridized carbons (Fsp3) is 0.900. The van der Waals surface area contributed by atoms with Crippen LogP contribution in [-0.2, 0) is 4.74 Å². The van der Waals surface area contributed by atoms with Crippen molar-refractivity contribution < 1.29 is 19.7 Å². The number of amides is 1. The molecule has 0 aliphatic carbocycles. The number of epoxide rings is 1. The third kappa shape index (κ3) is 5.58. The lowest BCUT2D eigenvalue weighted by atomic mass is 10.0. The van der Waals surface area contributed by atoms with Crippen molar-refractivity contribution in [1.82, 2.24) is 5.32 Å². The van der Waals surface area contributed by atoms with Crippen LogP contribution in [0.15, 0.2) is 0 Å². The van der Waals surface area contributed by atoms with Gasteiger partial charge in [0.05, 0.1) is 12.7 Å². The maximum atomic E-state index is 10.5. The Morgan fingerprint density at radius 1 is 1.69 bits per heavy atom. The van der Waals surface area contributed by atoms with E-state index in [0.717, 1.165) is 12.2 Å². The van der Waals surface area contributed by atoms with Crippen LogP contribution in [0.25, 0.3) is 0 Å². The zero-order valence-corrected chi connectivity index (χ0v) is 10.4. The number of carbonyl (C=O) groups is 1. The molecule has 2 atom stereocenters. The van der Waals surface area contributed by atoms with Crippen LogP contribution in [-0.4, -0.2) is 52.2 Å². The van der Waals surface area contributed by atoms with Crippen molar-refractivity contribution in [3.63, 3.8) is 0 Å². The number of aliphatic hydroxyl groups excluding tert-OH is 1. The molecule has 1 aliphatic rings. The highest BCUT2D eigenvalue weighted by Crippen LogP contribution is 2.19. The molecule has 1 heterocycles. The first kappa shape index (κ1) is 13.6. The number of thioether (sulfide) groups is 1. The normalized spacial score (nSPS) is 21.6. The SMILES string of the molecule is CC(C)(CCSCC(O)C1CO1)NC(=O)O. The Kier molecular flexibility index (Phi) is 4.89. The molecule has 0 radical (unpaired) electrons. The molecule has 0 aromatic heterocycles. The summed E-state index contributed by atoms with van der Waals surface area (Å²) in [5.74, 6) is 1.46. The van der Waals surface area contributed by atoms with Crippen molar-refractivity contribution in [2.75, 3.05) is 18.1 Å². The van der Waals surface area contributed by atoms with Crippen LogP contribution < -0.4 is 5.32 Å². The van der Waals surface area contributed by atoms with Crippen LogP contribution in [0.4, 0.5) is 4.79 Å². The van der Waals surface area contributed by atoms with Crippen molar-refractivity contribution in [1.29, 1.82) is 0 Å². The summed E-state index contributed by atoms with van der Waals surface area (Å²) in [7, 11) is 0. The van der Waals surface area contributed by atoms with E-state index in [2.05, 4.69) is 5.32 Å². The van der Waals surface area contributed by atoms with Gasteiger partial charge in [0, 0.05) is 11.3 Å². The summed E-state index contributed by atoms with van der Waals surface area (Å²) in [6.45, 7) is 4.36. The average molecular weight is 249 g/mol. The molecule has 1 fully saturated rings. The minimum atomic E-state index is -0.999. The van der Waals surface area contributed by atoms with Gasteiger partial charge in [-0.25, -0.2) is 4.79 Å². The van der Waals surface area contributed by atoms with Crippen LogP contribution in [0.5, 0.6) is 0 Å². The zero-order valence-electron chi connectivity index (χ0n) is 9.60. The predicted octanol–water partition coefficient (Wildman–Crippen LogP) is 0.916. The second kappa shape index (κ2) is 5.75. The van der Waals surface area contributed by atoms with E-state index < -0.39 is 11.6 Å². The number of carboxylic acid groups (broad SMARTS) is 1. The molecule has 94 valence electrons. The van der Waals surface area contributed by atoms with E-state index in [-0.39, 0.29) is 12.2 Å². The fourth-order valence-electron chi connectivity index (χ4n) is 1.27. The summed E-state index contributed by atoms with van der Waals surface area (Å²) >= 11 is 1.62. The summed E-state index contributed by atoms with van der Waals surface area (Å²) in [4.78, 5) is 10.5. The van der Waals surface area contributed by atoms with Crippen LogP contribution in [0, 0.1) is 0 Å². The molecule has 1 amide bonds. The van der Waals surface area contributed by atoms with Gasteiger partial charge in [-0.3, -0.25) is 0 Å². The van der Waals surface area contributed by atoms with Gasteiger partial charge in [-0.1, -0.05) is 0 Å². The molecule has 5 nitrogen and oxygen atoms in total. The van der Waals surface area contributed by atoms with Gasteiger partial charge in [0.1, 0.15) is 6.10 Å². The first-order valence-electron chi connectivity index (χ1n) is 5.29. The van der Waals surface area contributed by atoms with Gasteiger partial charge in [0.2, 0.25) is 0 Å². The lowest BCUT2D eigenvalue weighted by Gasteiger charge is -2.24. The van der Waals surface area contributed by atoms with Crippen molar-refractivity contribution in [2.24, 2.45) is 0 Å². The standard InChI is InChI=1S/C10H19NO4S/c1-10(2,11-9(13)14)3-4-16-6-7(12)8-5-15-8/h7-8,11-12H,3-6H2,1-2H3,(H,13,14). The molecule has 1 rings (SSSR count). The Morgan fingerprint density at radius 2 is 2.31 bits per heavy atom. The molecule has 16 heavy (non-hydrogen) atoms. The summed E-state index contributed by atoms with van der Waals surface area (Å²) in [5, 5.41) is 20.6. The molecule has 1 saturated heterocycles. The van der Waals surface area contributed by atoms with Crippen molar-refractivity contribution in [3.8, 4) is 0 Å². The van der Waals surface area contributed by atoms with Crippen molar-refractivity contribution >= 4 is 17.9 Å².